The first-order valence-corrected chi connectivity index (χ1v) is 7.41. The number of hydrogen-bond donors (Lipinski definition) is 0. The van der Waals surface area contributed by atoms with Gasteiger partial charge in [-0.05, 0) is 58.5 Å². The summed E-state index contributed by atoms with van der Waals surface area (Å²) in [7, 11) is 0. The fraction of sp³-hybridized carbons (Fsp3) is 0.150. The van der Waals surface area contributed by atoms with Crippen LogP contribution in [0.1, 0.15) is 25.0 Å². The first kappa shape index (κ1) is 16.8. The van der Waals surface area contributed by atoms with Crippen molar-refractivity contribution in [2.45, 2.75) is 13.8 Å². The van der Waals surface area contributed by atoms with Gasteiger partial charge in [0.1, 0.15) is 17.9 Å². The summed E-state index contributed by atoms with van der Waals surface area (Å²) in [4.78, 5) is 10.7. The molecule has 0 unspecified atom stereocenters. The topological polar surface area (TPSA) is 17.1 Å². The zero-order valence-corrected chi connectivity index (χ0v) is 13.1. The van der Waals surface area contributed by atoms with Crippen LogP contribution >= 0.6 is 0 Å². The Morgan fingerprint density at radius 3 is 1.65 bits per heavy atom. The van der Waals surface area contributed by atoms with E-state index in [0.29, 0.717) is 0 Å². The maximum Gasteiger partial charge on any atom is 0.142 e. The number of hydrogen-bond acceptors (Lipinski definition) is 1. The standard InChI is InChI=1S/C20H18F2O/c1-14(2)19(4-3-13-23)20(15-5-9-17(21)10-6-15)16-7-11-18(22)12-8-16/h3-14H,1-2H3/b4-3+. The van der Waals surface area contributed by atoms with Crippen molar-refractivity contribution in [3.8, 4) is 0 Å². The Bertz CT molecular complexity index is 676. The van der Waals surface area contributed by atoms with Gasteiger partial charge in [-0.15, -0.1) is 0 Å². The molecule has 0 fully saturated rings. The van der Waals surface area contributed by atoms with Crippen molar-refractivity contribution in [1.82, 2.24) is 0 Å². The van der Waals surface area contributed by atoms with Crippen molar-refractivity contribution in [2.24, 2.45) is 5.92 Å². The van der Waals surface area contributed by atoms with E-state index in [9.17, 15) is 13.6 Å². The SMILES string of the molecule is CC(C)C(/C=C/C=O)=C(c1ccc(F)cc1)c1ccc(F)cc1. The van der Waals surface area contributed by atoms with Gasteiger partial charge < -0.3 is 0 Å². The van der Waals surface area contributed by atoms with Gasteiger partial charge in [0.25, 0.3) is 0 Å². The Morgan fingerprint density at radius 1 is 0.870 bits per heavy atom. The van der Waals surface area contributed by atoms with E-state index in [1.807, 2.05) is 13.8 Å². The fourth-order valence-electron chi connectivity index (χ4n) is 2.44. The van der Waals surface area contributed by atoms with Crippen LogP contribution in [-0.4, -0.2) is 6.29 Å². The van der Waals surface area contributed by atoms with E-state index in [2.05, 4.69) is 0 Å². The number of benzene rings is 2. The van der Waals surface area contributed by atoms with Gasteiger partial charge in [-0.25, -0.2) is 8.78 Å². The molecule has 0 aromatic heterocycles. The van der Waals surface area contributed by atoms with E-state index in [1.54, 1.807) is 30.3 Å². The lowest BCUT2D eigenvalue weighted by Gasteiger charge is -2.17. The molecular formula is C20H18F2O. The van der Waals surface area contributed by atoms with Crippen molar-refractivity contribution in [3.63, 3.8) is 0 Å². The van der Waals surface area contributed by atoms with Gasteiger partial charge in [-0.2, -0.15) is 0 Å². The van der Waals surface area contributed by atoms with E-state index in [1.165, 1.54) is 30.3 Å². The van der Waals surface area contributed by atoms with Gasteiger partial charge in [0, 0.05) is 0 Å². The van der Waals surface area contributed by atoms with Crippen LogP contribution in [0.5, 0.6) is 0 Å². The second-order valence-electron chi connectivity index (χ2n) is 5.49. The second kappa shape index (κ2) is 7.63. The molecule has 0 saturated heterocycles. The normalized spacial score (nSPS) is 11.0. The minimum atomic E-state index is -0.318. The average molecular weight is 312 g/mol. The Balaban J connectivity index is 2.71. The van der Waals surface area contributed by atoms with Crippen LogP contribution in [0.25, 0.3) is 5.57 Å². The molecule has 2 aromatic carbocycles. The maximum absolute atomic E-state index is 13.2. The lowest BCUT2D eigenvalue weighted by atomic mass is 9.87. The summed E-state index contributed by atoms with van der Waals surface area (Å²) in [6.45, 7) is 4.02. The van der Waals surface area contributed by atoms with Crippen LogP contribution in [0.2, 0.25) is 0 Å². The molecular weight excluding hydrogens is 294 g/mol. The summed E-state index contributed by atoms with van der Waals surface area (Å²) in [5.74, 6) is -0.500. The van der Waals surface area contributed by atoms with Crippen molar-refractivity contribution >= 4 is 11.9 Å². The number of allylic oxidation sites excluding steroid dienone is 3. The Hall–Kier alpha value is -2.55. The van der Waals surface area contributed by atoms with Crippen LogP contribution in [0, 0.1) is 17.6 Å². The molecule has 1 nitrogen and oxygen atoms in total. The van der Waals surface area contributed by atoms with Gasteiger partial charge in [0.2, 0.25) is 0 Å². The first-order chi connectivity index (χ1) is 11.0. The number of carbonyl (C=O) groups excluding carboxylic acids is 1. The molecule has 0 N–H and O–H groups in total. The molecule has 0 heterocycles. The first-order valence-electron chi connectivity index (χ1n) is 7.41. The monoisotopic (exact) mass is 312 g/mol. The highest BCUT2D eigenvalue weighted by atomic mass is 19.1. The summed E-state index contributed by atoms with van der Waals surface area (Å²) in [5.41, 5.74) is 3.42. The van der Waals surface area contributed by atoms with Gasteiger partial charge in [0.05, 0.1) is 0 Å². The summed E-state index contributed by atoms with van der Waals surface area (Å²) >= 11 is 0. The third-order valence-electron chi connectivity index (χ3n) is 3.53. The third kappa shape index (κ3) is 4.22. The number of halogens is 2. The van der Waals surface area contributed by atoms with Crippen LogP contribution in [0.4, 0.5) is 8.78 Å². The summed E-state index contributed by atoms with van der Waals surface area (Å²) in [6.07, 6.45) is 3.90. The van der Waals surface area contributed by atoms with Crippen molar-refractivity contribution < 1.29 is 13.6 Å². The Kier molecular flexibility index (Phi) is 5.58. The zero-order chi connectivity index (χ0) is 16.8. The molecule has 2 aromatic rings. The molecule has 2 rings (SSSR count). The average Bonchev–Trinajstić information content (AvgIpc) is 2.53. The molecule has 0 amide bonds. The Labute approximate surface area is 135 Å². The minimum Gasteiger partial charge on any atom is -0.299 e. The summed E-state index contributed by atoms with van der Waals surface area (Å²) in [5, 5.41) is 0. The molecule has 0 bridgehead atoms. The highest BCUT2D eigenvalue weighted by molar-refractivity contribution is 5.84. The van der Waals surface area contributed by atoms with E-state index in [0.717, 1.165) is 28.6 Å². The highest BCUT2D eigenvalue weighted by Gasteiger charge is 2.13. The summed E-state index contributed by atoms with van der Waals surface area (Å²) in [6, 6.07) is 12.3. The number of aldehydes is 1. The predicted molar refractivity (Wildman–Crippen MR) is 88.9 cm³/mol. The van der Waals surface area contributed by atoms with Gasteiger partial charge in [-0.3, -0.25) is 4.79 Å². The molecule has 23 heavy (non-hydrogen) atoms. The molecule has 3 heteroatoms. The highest BCUT2D eigenvalue weighted by Crippen LogP contribution is 2.31. The summed E-state index contributed by atoms with van der Waals surface area (Å²) < 4.78 is 26.5. The maximum atomic E-state index is 13.2. The smallest absolute Gasteiger partial charge is 0.142 e. The number of carbonyl (C=O) groups is 1. The third-order valence-corrected chi connectivity index (χ3v) is 3.53. The van der Waals surface area contributed by atoms with Crippen LogP contribution in [0.3, 0.4) is 0 Å². The van der Waals surface area contributed by atoms with Gasteiger partial charge in [-0.1, -0.05) is 44.2 Å². The quantitative estimate of drug-likeness (QED) is 0.422. The van der Waals surface area contributed by atoms with Crippen LogP contribution in [0.15, 0.2) is 66.3 Å². The minimum absolute atomic E-state index is 0.135. The second-order valence-corrected chi connectivity index (χ2v) is 5.49. The zero-order valence-electron chi connectivity index (χ0n) is 13.1. The van der Waals surface area contributed by atoms with Gasteiger partial charge in [0.15, 0.2) is 0 Å². The molecule has 0 radical (unpaired) electrons. The molecule has 0 aliphatic carbocycles. The van der Waals surface area contributed by atoms with Crippen molar-refractivity contribution in [1.29, 1.82) is 0 Å². The molecule has 118 valence electrons. The molecule has 0 atom stereocenters. The van der Waals surface area contributed by atoms with E-state index in [-0.39, 0.29) is 17.6 Å². The molecule has 0 saturated carbocycles. The fourth-order valence-corrected chi connectivity index (χ4v) is 2.44. The van der Waals surface area contributed by atoms with E-state index in [4.69, 9.17) is 0 Å². The lowest BCUT2D eigenvalue weighted by molar-refractivity contribution is -0.104. The molecule has 0 aliphatic heterocycles. The lowest BCUT2D eigenvalue weighted by Crippen LogP contribution is -2.00. The van der Waals surface area contributed by atoms with E-state index >= 15 is 0 Å². The Morgan fingerprint density at radius 2 is 1.30 bits per heavy atom. The van der Waals surface area contributed by atoms with Crippen LogP contribution < -0.4 is 0 Å². The molecule has 0 aliphatic rings. The van der Waals surface area contributed by atoms with Crippen molar-refractivity contribution in [3.05, 3.63) is 89.0 Å². The van der Waals surface area contributed by atoms with E-state index < -0.39 is 0 Å². The molecule has 0 spiro atoms. The predicted octanol–water partition coefficient (Wildman–Crippen LogP) is 5.18. The van der Waals surface area contributed by atoms with Crippen LogP contribution in [-0.2, 0) is 4.79 Å². The van der Waals surface area contributed by atoms with Gasteiger partial charge >= 0.3 is 0 Å². The number of rotatable bonds is 5. The van der Waals surface area contributed by atoms with Crippen molar-refractivity contribution in [2.75, 3.05) is 0 Å². The largest absolute Gasteiger partial charge is 0.299 e.